The largest absolute Gasteiger partial charge is 0.490 e. The van der Waals surface area contributed by atoms with E-state index in [0.29, 0.717) is 30.6 Å². The highest BCUT2D eigenvalue weighted by molar-refractivity contribution is 9.10. The molecule has 0 aliphatic carbocycles. The fourth-order valence-corrected chi connectivity index (χ4v) is 3.29. The van der Waals surface area contributed by atoms with Crippen LogP contribution >= 0.6 is 15.9 Å². The summed E-state index contributed by atoms with van der Waals surface area (Å²) in [7, 11) is 0. The Balaban J connectivity index is 1.98. The first kappa shape index (κ1) is 19.2. The summed E-state index contributed by atoms with van der Waals surface area (Å²) in [4.78, 5) is 16.6. The molecule has 0 bridgehead atoms. The Hall–Kier alpha value is -2.60. The molecule has 0 spiro atoms. The van der Waals surface area contributed by atoms with Crippen molar-refractivity contribution < 1.29 is 19.0 Å². The zero-order chi connectivity index (χ0) is 19.4. The Kier molecular flexibility index (Phi) is 5.96. The molecule has 27 heavy (non-hydrogen) atoms. The number of carbonyl (C=O) groups is 1. The topological polar surface area (TPSA) is 57.1 Å². The number of hydrogen-bond donors (Lipinski definition) is 0. The second kappa shape index (κ2) is 8.39. The first-order valence-electron chi connectivity index (χ1n) is 8.71. The fourth-order valence-electron chi connectivity index (χ4n) is 2.71. The standard InChI is InChI=1S/C21H20BrNO4/c1-4-25-18-12-14(10-16(22)19(18)26-5-2)11-17-21(24)27-20(23-17)15-9-7-6-8-13(15)3/h6-12H,4-5H2,1-3H3/b17-11-. The van der Waals surface area contributed by atoms with Crippen molar-refractivity contribution in [2.75, 3.05) is 13.2 Å². The maximum Gasteiger partial charge on any atom is 0.363 e. The zero-order valence-electron chi connectivity index (χ0n) is 15.4. The van der Waals surface area contributed by atoms with Crippen LogP contribution in [0.2, 0.25) is 0 Å². The predicted molar refractivity (Wildman–Crippen MR) is 108 cm³/mol. The van der Waals surface area contributed by atoms with Crippen LogP contribution in [0.15, 0.2) is 51.6 Å². The van der Waals surface area contributed by atoms with Crippen molar-refractivity contribution in [1.29, 1.82) is 0 Å². The molecule has 0 amide bonds. The van der Waals surface area contributed by atoms with Gasteiger partial charge in [0.15, 0.2) is 17.2 Å². The van der Waals surface area contributed by atoms with Crippen molar-refractivity contribution in [3.05, 3.63) is 63.3 Å². The van der Waals surface area contributed by atoms with E-state index in [-0.39, 0.29) is 5.70 Å². The van der Waals surface area contributed by atoms with Gasteiger partial charge >= 0.3 is 5.97 Å². The molecular weight excluding hydrogens is 410 g/mol. The summed E-state index contributed by atoms with van der Waals surface area (Å²) >= 11 is 3.51. The van der Waals surface area contributed by atoms with Gasteiger partial charge in [-0.05, 0) is 72.1 Å². The number of hydrogen-bond acceptors (Lipinski definition) is 5. The van der Waals surface area contributed by atoms with E-state index in [1.807, 2.05) is 57.2 Å². The number of esters is 1. The number of halogens is 1. The number of rotatable bonds is 6. The van der Waals surface area contributed by atoms with Gasteiger partial charge in [-0.3, -0.25) is 0 Å². The van der Waals surface area contributed by atoms with Gasteiger partial charge in [0.05, 0.1) is 17.7 Å². The first-order valence-corrected chi connectivity index (χ1v) is 9.50. The van der Waals surface area contributed by atoms with Gasteiger partial charge in [0, 0.05) is 5.56 Å². The molecule has 140 valence electrons. The van der Waals surface area contributed by atoms with Crippen LogP contribution < -0.4 is 9.47 Å². The van der Waals surface area contributed by atoms with Crippen LogP contribution in [0.25, 0.3) is 6.08 Å². The number of carbonyl (C=O) groups excluding carboxylic acids is 1. The summed E-state index contributed by atoms with van der Waals surface area (Å²) < 4.78 is 17.4. The molecule has 0 aromatic heterocycles. The summed E-state index contributed by atoms with van der Waals surface area (Å²) in [5.41, 5.74) is 2.80. The van der Waals surface area contributed by atoms with Crippen LogP contribution in [0.5, 0.6) is 11.5 Å². The lowest BCUT2D eigenvalue weighted by Gasteiger charge is -2.13. The Morgan fingerprint density at radius 2 is 1.89 bits per heavy atom. The van der Waals surface area contributed by atoms with Gasteiger partial charge in [-0.2, -0.15) is 0 Å². The second-order valence-electron chi connectivity index (χ2n) is 5.85. The van der Waals surface area contributed by atoms with Crippen molar-refractivity contribution in [1.82, 2.24) is 0 Å². The SMILES string of the molecule is CCOc1cc(/C=C2\N=C(c3ccccc3C)OC2=O)cc(Br)c1OCC. The maximum atomic E-state index is 12.3. The van der Waals surface area contributed by atoms with Crippen LogP contribution in [0.4, 0.5) is 0 Å². The van der Waals surface area contributed by atoms with E-state index in [0.717, 1.165) is 21.2 Å². The van der Waals surface area contributed by atoms with Crippen molar-refractivity contribution in [3.63, 3.8) is 0 Å². The lowest BCUT2D eigenvalue weighted by Crippen LogP contribution is -2.06. The van der Waals surface area contributed by atoms with Crippen molar-refractivity contribution in [2.24, 2.45) is 4.99 Å². The molecular formula is C21H20BrNO4. The lowest BCUT2D eigenvalue weighted by molar-refractivity contribution is -0.129. The number of ether oxygens (including phenoxy) is 3. The van der Waals surface area contributed by atoms with Gasteiger partial charge in [0.1, 0.15) is 0 Å². The van der Waals surface area contributed by atoms with Crippen molar-refractivity contribution in [3.8, 4) is 11.5 Å². The molecule has 1 heterocycles. The third-order valence-electron chi connectivity index (χ3n) is 3.92. The van der Waals surface area contributed by atoms with E-state index in [4.69, 9.17) is 14.2 Å². The molecule has 3 rings (SSSR count). The van der Waals surface area contributed by atoms with Crippen LogP contribution in [0.1, 0.15) is 30.5 Å². The predicted octanol–water partition coefficient (Wildman–Crippen LogP) is 4.90. The zero-order valence-corrected chi connectivity index (χ0v) is 17.0. The van der Waals surface area contributed by atoms with Gasteiger partial charge in [0.25, 0.3) is 0 Å². The van der Waals surface area contributed by atoms with Crippen LogP contribution in [-0.2, 0) is 9.53 Å². The van der Waals surface area contributed by atoms with E-state index < -0.39 is 5.97 Å². The second-order valence-corrected chi connectivity index (χ2v) is 6.70. The molecule has 5 nitrogen and oxygen atoms in total. The molecule has 6 heteroatoms. The van der Waals surface area contributed by atoms with Gasteiger partial charge in [-0.15, -0.1) is 0 Å². The highest BCUT2D eigenvalue weighted by atomic mass is 79.9. The van der Waals surface area contributed by atoms with Gasteiger partial charge in [0.2, 0.25) is 5.90 Å². The monoisotopic (exact) mass is 429 g/mol. The summed E-state index contributed by atoms with van der Waals surface area (Å²) in [6.45, 7) is 6.79. The lowest BCUT2D eigenvalue weighted by atomic mass is 10.1. The maximum absolute atomic E-state index is 12.3. The molecule has 0 N–H and O–H groups in total. The molecule has 0 unspecified atom stereocenters. The smallest absolute Gasteiger partial charge is 0.363 e. The minimum absolute atomic E-state index is 0.242. The summed E-state index contributed by atoms with van der Waals surface area (Å²) in [5, 5.41) is 0. The average Bonchev–Trinajstić information content (AvgIpc) is 2.99. The van der Waals surface area contributed by atoms with Gasteiger partial charge in [-0.1, -0.05) is 18.2 Å². The van der Waals surface area contributed by atoms with E-state index in [9.17, 15) is 4.79 Å². The Bertz CT molecular complexity index is 934. The summed E-state index contributed by atoms with van der Waals surface area (Å²) in [5.74, 6) is 1.09. The number of cyclic esters (lactones) is 1. The highest BCUT2D eigenvalue weighted by Gasteiger charge is 2.25. The number of aryl methyl sites for hydroxylation is 1. The van der Waals surface area contributed by atoms with E-state index in [1.54, 1.807) is 6.08 Å². The molecule has 1 aliphatic rings. The molecule has 1 aliphatic heterocycles. The fraction of sp³-hybridized carbons (Fsp3) is 0.238. The van der Waals surface area contributed by atoms with Crippen LogP contribution in [0, 0.1) is 6.92 Å². The number of nitrogens with zero attached hydrogens (tertiary/aromatic N) is 1. The molecule has 0 fully saturated rings. The Morgan fingerprint density at radius 1 is 1.15 bits per heavy atom. The Morgan fingerprint density at radius 3 is 2.59 bits per heavy atom. The molecule has 0 saturated heterocycles. The van der Waals surface area contributed by atoms with Crippen LogP contribution in [0.3, 0.4) is 0 Å². The molecule has 0 saturated carbocycles. The average molecular weight is 430 g/mol. The third kappa shape index (κ3) is 4.22. The van der Waals surface area contributed by atoms with E-state index in [2.05, 4.69) is 20.9 Å². The van der Waals surface area contributed by atoms with Gasteiger partial charge in [-0.25, -0.2) is 9.79 Å². The number of benzene rings is 2. The molecule has 2 aromatic carbocycles. The normalized spacial score (nSPS) is 14.9. The first-order chi connectivity index (χ1) is 13.0. The third-order valence-corrected chi connectivity index (χ3v) is 4.51. The minimum atomic E-state index is -0.476. The molecule has 0 radical (unpaired) electrons. The molecule has 0 atom stereocenters. The van der Waals surface area contributed by atoms with E-state index in [1.165, 1.54) is 0 Å². The van der Waals surface area contributed by atoms with Crippen LogP contribution in [-0.4, -0.2) is 25.1 Å². The van der Waals surface area contributed by atoms with Gasteiger partial charge < -0.3 is 14.2 Å². The minimum Gasteiger partial charge on any atom is -0.490 e. The quantitative estimate of drug-likeness (QED) is 0.483. The summed E-state index contributed by atoms with van der Waals surface area (Å²) in [6, 6.07) is 11.3. The number of aliphatic imine (C=N–C) groups is 1. The Labute approximate surface area is 166 Å². The summed E-state index contributed by atoms with van der Waals surface area (Å²) in [6.07, 6.45) is 1.68. The van der Waals surface area contributed by atoms with Crippen molar-refractivity contribution in [2.45, 2.75) is 20.8 Å². The highest BCUT2D eigenvalue weighted by Crippen LogP contribution is 2.37. The van der Waals surface area contributed by atoms with Crippen molar-refractivity contribution >= 4 is 33.9 Å². The molecule has 2 aromatic rings. The van der Waals surface area contributed by atoms with E-state index >= 15 is 0 Å².